The predicted octanol–water partition coefficient (Wildman–Crippen LogP) is 3.26. The number of aryl methyl sites for hydroxylation is 1. The van der Waals surface area contributed by atoms with Crippen LogP contribution in [0.2, 0.25) is 0 Å². The van der Waals surface area contributed by atoms with Crippen LogP contribution in [0, 0.1) is 6.92 Å². The second-order valence-electron chi connectivity index (χ2n) is 6.30. The number of nitrogens with zero attached hydrogens (tertiary/aromatic N) is 2. The van der Waals surface area contributed by atoms with Gasteiger partial charge < -0.3 is 15.4 Å². The zero-order valence-electron chi connectivity index (χ0n) is 14.1. The Morgan fingerprint density at radius 2 is 1.96 bits per heavy atom. The zero-order valence-corrected chi connectivity index (χ0v) is 14.1. The zero-order chi connectivity index (χ0) is 17.0. The molecule has 0 unspecified atom stereocenters. The van der Waals surface area contributed by atoms with Crippen molar-refractivity contribution in [2.75, 3.05) is 17.7 Å². The fourth-order valence-corrected chi connectivity index (χ4v) is 1.99. The Morgan fingerprint density at radius 1 is 1.22 bits per heavy atom. The third-order valence-corrected chi connectivity index (χ3v) is 2.98. The lowest BCUT2D eigenvalue weighted by Crippen LogP contribution is -2.28. The van der Waals surface area contributed by atoms with Gasteiger partial charge in [0, 0.05) is 11.7 Å². The number of nitrogens with one attached hydrogen (secondary N) is 2. The van der Waals surface area contributed by atoms with E-state index < -0.39 is 0 Å². The van der Waals surface area contributed by atoms with Gasteiger partial charge in [0.1, 0.15) is 11.4 Å². The van der Waals surface area contributed by atoms with Gasteiger partial charge in [0.2, 0.25) is 5.95 Å². The number of anilines is 2. The van der Waals surface area contributed by atoms with Gasteiger partial charge in [0.15, 0.2) is 0 Å². The van der Waals surface area contributed by atoms with Gasteiger partial charge in [0.25, 0.3) is 5.91 Å². The maximum Gasteiger partial charge on any atom is 0.274 e. The number of rotatable bonds is 4. The fourth-order valence-electron chi connectivity index (χ4n) is 1.99. The van der Waals surface area contributed by atoms with Gasteiger partial charge in [-0.15, -0.1) is 0 Å². The van der Waals surface area contributed by atoms with Crippen molar-refractivity contribution in [1.82, 2.24) is 9.97 Å². The molecule has 0 aliphatic carbocycles. The molecule has 0 radical (unpaired) electrons. The second-order valence-corrected chi connectivity index (χ2v) is 6.30. The van der Waals surface area contributed by atoms with Gasteiger partial charge in [-0.3, -0.25) is 4.79 Å². The molecule has 0 aliphatic rings. The molecule has 0 spiro atoms. The van der Waals surface area contributed by atoms with Gasteiger partial charge in [0.05, 0.1) is 12.8 Å². The SMILES string of the molecule is COc1ccc(C)cc1NC(=O)c1ccnc(NC(C)(C)C)n1. The van der Waals surface area contributed by atoms with Crippen molar-refractivity contribution < 1.29 is 9.53 Å². The van der Waals surface area contributed by atoms with E-state index in [0.717, 1.165) is 5.56 Å². The molecule has 23 heavy (non-hydrogen) atoms. The molecular weight excluding hydrogens is 292 g/mol. The summed E-state index contributed by atoms with van der Waals surface area (Å²) in [6, 6.07) is 7.17. The summed E-state index contributed by atoms with van der Waals surface area (Å²) in [5.41, 5.74) is 1.74. The largest absolute Gasteiger partial charge is 0.495 e. The first-order chi connectivity index (χ1) is 10.8. The Hall–Kier alpha value is -2.63. The van der Waals surface area contributed by atoms with E-state index in [9.17, 15) is 4.79 Å². The summed E-state index contributed by atoms with van der Waals surface area (Å²) >= 11 is 0. The molecule has 0 fully saturated rings. The van der Waals surface area contributed by atoms with Crippen LogP contribution in [0.4, 0.5) is 11.6 Å². The summed E-state index contributed by atoms with van der Waals surface area (Å²) in [6.45, 7) is 7.95. The number of methoxy groups -OCH3 is 1. The van der Waals surface area contributed by atoms with E-state index in [0.29, 0.717) is 17.4 Å². The van der Waals surface area contributed by atoms with E-state index in [4.69, 9.17) is 4.74 Å². The fraction of sp³-hybridized carbons (Fsp3) is 0.353. The highest BCUT2D eigenvalue weighted by atomic mass is 16.5. The molecule has 2 aromatic rings. The highest BCUT2D eigenvalue weighted by Crippen LogP contribution is 2.25. The molecule has 1 aromatic carbocycles. The molecule has 0 bridgehead atoms. The first-order valence-electron chi connectivity index (χ1n) is 7.36. The smallest absolute Gasteiger partial charge is 0.274 e. The maximum atomic E-state index is 12.4. The van der Waals surface area contributed by atoms with E-state index in [1.54, 1.807) is 19.4 Å². The predicted molar refractivity (Wildman–Crippen MR) is 91.1 cm³/mol. The summed E-state index contributed by atoms with van der Waals surface area (Å²) in [7, 11) is 1.57. The van der Waals surface area contributed by atoms with Crippen LogP contribution >= 0.6 is 0 Å². The number of ether oxygens (including phenoxy) is 1. The van der Waals surface area contributed by atoms with Crippen molar-refractivity contribution >= 4 is 17.5 Å². The Kier molecular flexibility index (Phi) is 4.83. The second kappa shape index (κ2) is 6.64. The molecule has 0 saturated carbocycles. The number of benzene rings is 1. The van der Waals surface area contributed by atoms with Gasteiger partial charge in [-0.2, -0.15) is 0 Å². The standard InChI is InChI=1S/C17H22N4O2/c1-11-6-7-14(23-5)13(10-11)19-15(22)12-8-9-18-16(20-12)21-17(2,3)4/h6-10H,1-5H3,(H,19,22)(H,18,20,21). The third-order valence-electron chi connectivity index (χ3n) is 2.98. The Bertz CT molecular complexity index is 708. The molecule has 2 rings (SSSR count). The van der Waals surface area contributed by atoms with Gasteiger partial charge in [-0.05, 0) is 51.5 Å². The third kappa shape index (κ3) is 4.67. The van der Waals surface area contributed by atoms with E-state index in [-0.39, 0.29) is 17.1 Å². The number of carbonyl (C=O) groups is 1. The van der Waals surface area contributed by atoms with Crippen LogP contribution in [0.1, 0.15) is 36.8 Å². The molecule has 0 atom stereocenters. The Morgan fingerprint density at radius 3 is 2.61 bits per heavy atom. The highest BCUT2D eigenvalue weighted by Gasteiger charge is 2.15. The molecule has 2 N–H and O–H groups in total. The van der Waals surface area contributed by atoms with Crippen molar-refractivity contribution in [3.8, 4) is 5.75 Å². The van der Waals surface area contributed by atoms with Crippen molar-refractivity contribution in [2.24, 2.45) is 0 Å². The van der Waals surface area contributed by atoms with E-state index >= 15 is 0 Å². The number of carbonyl (C=O) groups excluding carboxylic acids is 1. The minimum Gasteiger partial charge on any atom is -0.495 e. The maximum absolute atomic E-state index is 12.4. The summed E-state index contributed by atoms with van der Waals surface area (Å²) < 4.78 is 5.27. The first kappa shape index (κ1) is 16.7. The van der Waals surface area contributed by atoms with Gasteiger partial charge in [-0.1, -0.05) is 6.07 Å². The quantitative estimate of drug-likeness (QED) is 0.906. The van der Waals surface area contributed by atoms with Crippen LogP contribution < -0.4 is 15.4 Å². The topological polar surface area (TPSA) is 76.1 Å². The van der Waals surface area contributed by atoms with E-state index in [2.05, 4.69) is 20.6 Å². The molecule has 0 saturated heterocycles. The van der Waals surface area contributed by atoms with E-state index in [1.807, 2.05) is 45.9 Å². The Balaban J connectivity index is 2.21. The monoisotopic (exact) mass is 314 g/mol. The summed E-state index contributed by atoms with van der Waals surface area (Å²) in [5, 5.41) is 5.97. The van der Waals surface area contributed by atoms with Crippen LogP contribution in [0.5, 0.6) is 5.75 Å². The number of aromatic nitrogens is 2. The number of amides is 1. The normalized spacial score (nSPS) is 11.0. The Labute approximate surface area is 136 Å². The van der Waals surface area contributed by atoms with Gasteiger partial charge in [-0.25, -0.2) is 9.97 Å². The molecule has 6 heteroatoms. The summed E-state index contributed by atoms with van der Waals surface area (Å²) in [6.07, 6.45) is 1.56. The average molecular weight is 314 g/mol. The lowest BCUT2D eigenvalue weighted by molar-refractivity contribution is 0.102. The number of hydrogen-bond donors (Lipinski definition) is 2. The van der Waals surface area contributed by atoms with Crippen LogP contribution in [0.25, 0.3) is 0 Å². The molecule has 0 aliphatic heterocycles. The van der Waals surface area contributed by atoms with Crippen LogP contribution in [0.15, 0.2) is 30.5 Å². The van der Waals surface area contributed by atoms with Crippen molar-refractivity contribution in [3.05, 3.63) is 41.7 Å². The van der Waals surface area contributed by atoms with E-state index in [1.165, 1.54) is 0 Å². The minimum atomic E-state index is -0.312. The molecule has 122 valence electrons. The van der Waals surface area contributed by atoms with Crippen LogP contribution in [-0.4, -0.2) is 28.5 Å². The first-order valence-corrected chi connectivity index (χ1v) is 7.36. The molecule has 1 aromatic heterocycles. The van der Waals surface area contributed by atoms with Gasteiger partial charge >= 0.3 is 0 Å². The summed E-state index contributed by atoms with van der Waals surface area (Å²) in [5.74, 6) is 0.709. The molecule has 1 heterocycles. The minimum absolute atomic E-state index is 0.186. The number of hydrogen-bond acceptors (Lipinski definition) is 5. The highest BCUT2D eigenvalue weighted by molar-refractivity contribution is 6.03. The average Bonchev–Trinajstić information content (AvgIpc) is 2.46. The molecule has 1 amide bonds. The molecule has 6 nitrogen and oxygen atoms in total. The van der Waals surface area contributed by atoms with Crippen molar-refractivity contribution in [1.29, 1.82) is 0 Å². The lowest BCUT2D eigenvalue weighted by Gasteiger charge is -2.20. The van der Waals surface area contributed by atoms with Crippen LogP contribution in [0.3, 0.4) is 0 Å². The summed E-state index contributed by atoms with van der Waals surface area (Å²) in [4.78, 5) is 20.8. The van der Waals surface area contributed by atoms with Crippen molar-refractivity contribution in [2.45, 2.75) is 33.2 Å². The van der Waals surface area contributed by atoms with Crippen molar-refractivity contribution in [3.63, 3.8) is 0 Å². The molecular formula is C17H22N4O2. The van der Waals surface area contributed by atoms with Crippen LogP contribution in [-0.2, 0) is 0 Å². The lowest BCUT2D eigenvalue weighted by atomic mass is 10.1.